The lowest BCUT2D eigenvalue weighted by Crippen LogP contribution is -2.57. The molecule has 0 aliphatic carbocycles. The highest BCUT2D eigenvalue weighted by atomic mass is 16.4. The van der Waals surface area contributed by atoms with Gasteiger partial charge in [0, 0.05) is 19.6 Å². The second kappa shape index (κ2) is 11.6. The van der Waals surface area contributed by atoms with Crippen LogP contribution in [-0.4, -0.2) is 100 Å². The van der Waals surface area contributed by atoms with Gasteiger partial charge in [-0.2, -0.15) is 0 Å². The number of carboxylic acid groups (broad SMARTS) is 1. The molecule has 2 fully saturated rings. The molecule has 3 amide bonds. The van der Waals surface area contributed by atoms with E-state index in [0.29, 0.717) is 45.2 Å². The zero-order chi connectivity index (χ0) is 23.8. The van der Waals surface area contributed by atoms with Crippen molar-refractivity contribution < 1.29 is 29.4 Å². The van der Waals surface area contributed by atoms with Gasteiger partial charge in [0.05, 0.1) is 12.6 Å². The Morgan fingerprint density at radius 2 is 1.69 bits per heavy atom. The van der Waals surface area contributed by atoms with Crippen LogP contribution in [0.4, 0.5) is 0 Å². The average molecular weight is 456 g/mol. The molecule has 13 heteroatoms. The van der Waals surface area contributed by atoms with Gasteiger partial charge in [0.1, 0.15) is 18.1 Å². The number of rotatable bonds is 10. The van der Waals surface area contributed by atoms with Crippen LogP contribution in [0.25, 0.3) is 0 Å². The Labute approximate surface area is 186 Å². The van der Waals surface area contributed by atoms with Crippen molar-refractivity contribution >= 4 is 29.7 Å². The van der Waals surface area contributed by atoms with Crippen LogP contribution < -0.4 is 22.5 Å². The van der Waals surface area contributed by atoms with E-state index in [4.69, 9.17) is 17.2 Å². The van der Waals surface area contributed by atoms with Gasteiger partial charge < -0.3 is 42.5 Å². The normalized spacial score (nSPS) is 22.3. The number of aliphatic hydroxyl groups is 1. The number of nitrogens with two attached hydrogens (primary N) is 3. The van der Waals surface area contributed by atoms with E-state index in [-0.39, 0.29) is 18.9 Å². The predicted octanol–water partition coefficient (Wildman–Crippen LogP) is -3.09. The van der Waals surface area contributed by atoms with Crippen LogP contribution in [0.3, 0.4) is 0 Å². The van der Waals surface area contributed by atoms with Crippen LogP contribution in [0.1, 0.15) is 38.5 Å². The van der Waals surface area contributed by atoms with Crippen LogP contribution >= 0.6 is 0 Å². The number of aliphatic imine (C=N–C) groups is 1. The molecule has 4 atom stereocenters. The van der Waals surface area contributed by atoms with Gasteiger partial charge in [0.25, 0.3) is 0 Å². The molecule has 0 spiro atoms. The number of guanidine groups is 1. The van der Waals surface area contributed by atoms with Crippen molar-refractivity contribution in [3.8, 4) is 0 Å². The molecule has 4 unspecified atom stereocenters. The summed E-state index contributed by atoms with van der Waals surface area (Å²) < 4.78 is 0. The lowest BCUT2D eigenvalue weighted by Gasteiger charge is -2.32. The Kier molecular flexibility index (Phi) is 9.20. The molecule has 180 valence electrons. The maximum atomic E-state index is 13.0. The molecule has 0 aromatic carbocycles. The van der Waals surface area contributed by atoms with Crippen LogP contribution in [0, 0.1) is 0 Å². The van der Waals surface area contributed by atoms with E-state index in [9.17, 15) is 29.4 Å². The SMILES string of the molecule is NC(N)=NCCCC(N)C(=O)NC(CO)C(=O)N1CCCC1C(=O)N1CCCC1C(=O)O. The Bertz CT molecular complexity index is 742. The highest BCUT2D eigenvalue weighted by molar-refractivity contribution is 5.94. The predicted molar refractivity (Wildman–Crippen MR) is 114 cm³/mol. The Morgan fingerprint density at radius 1 is 1.06 bits per heavy atom. The van der Waals surface area contributed by atoms with E-state index in [2.05, 4.69) is 10.3 Å². The standard InChI is InChI=1S/C19H33N7O6/c20-11(4-1-7-23-19(21)22)15(28)24-12(10-27)16(29)25-8-2-5-13(25)17(30)26-9-3-6-14(26)18(31)32/h11-14,27H,1-10,20H2,(H,24,28)(H,31,32)(H4,21,22,23). The van der Waals surface area contributed by atoms with Crippen LogP contribution in [0.5, 0.6) is 0 Å². The number of aliphatic hydroxyl groups excluding tert-OH is 1. The fraction of sp³-hybridized carbons (Fsp3) is 0.737. The summed E-state index contributed by atoms with van der Waals surface area (Å²) in [5.74, 6) is -2.77. The number of amides is 3. The number of nitrogens with zero attached hydrogens (tertiary/aromatic N) is 3. The van der Waals surface area contributed by atoms with Crippen molar-refractivity contribution in [3.05, 3.63) is 0 Å². The molecule has 32 heavy (non-hydrogen) atoms. The monoisotopic (exact) mass is 455 g/mol. The Morgan fingerprint density at radius 3 is 2.28 bits per heavy atom. The van der Waals surface area contributed by atoms with Crippen molar-refractivity contribution in [2.24, 2.45) is 22.2 Å². The summed E-state index contributed by atoms with van der Waals surface area (Å²) in [6, 6.07) is -3.90. The summed E-state index contributed by atoms with van der Waals surface area (Å²) in [6.45, 7) is 0.238. The van der Waals surface area contributed by atoms with E-state index >= 15 is 0 Å². The number of carboxylic acids is 1. The first-order valence-corrected chi connectivity index (χ1v) is 10.7. The van der Waals surface area contributed by atoms with Crippen molar-refractivity contribution in [1.82, 2.24) is 15.1 Å². The third-order valence-electron chi connectivity index (χ3n) is 5.74. The third kappa shape index (κ3) is 6.29. The largest absolute Gasteiger partial charge is 0.480 e. The van der Waals surface area contributed by atoms with Gasteiger partial charge in [0.2, 0.25) is 17.7 Å². The van der Waals surface area contributed by atoms with Crippen LogP contribution in [-0.2, 0) is 19.2 Å². The molecule has 13 nitrogen and oxygen atoms in total. The first kappa shape index (κ1) is 25.3. The van der Waals surface area contributed by atoms with E-state index in [1.807, 2.05) is 0 Å². The fourth-order valence-electron chi connectivity index (χ4n) is 4.08. The minimum atomic E-state index is -1.26. The second-order valence-electron chi connectivity index (χ2n) is 8.02. The van der Waals surface area contributed by atoms with Crippen molar-refractivity contribution in [2.45, 2.75) is 62.7 Å². The Hall–Kier alpha value is -2.93. The molecule has 0 aromatic heterocycles. The number of likely N-dealkylation sites (tertiary alicyclic amines) is 2. The van der Waals surface area contributed by atoms with E-state index in [1.165, 1.54) is 9.80 Å². The van der Waals surface area contributed by atoms with E-state index in [0.717, 1.165) is 0 Å². The lowest BCUT2D eigenvalue weighted by molar-refractivity contribution is -0.152. The van der Waals surface area contributed by atoms with Gasteiger partial charge >= 0.3 is 5.97 Å². The minimum Gasteiger partial charge on any atom is -0.480 e. The van der Waals surface area contributed by atoms with Gasteiger partial charge in [-0.1, -0.05) is 0 Å². The molecule has 0 bridgehead atoms. The number of carbonyl (C=O) groups excluding carboxylic acids is 3. The molecule has 2 heterocycles. The average Bonchev–Trinajstić information content (AvgIpc) is 3.43. The molecule has 2 saturated heterocycles. The van der Waals surface area contributed by atoms with E-state index < -0.39 is 54.5 Å². The zero-order valence-corrected chi connectivity index (χ0v) is 18.0. The third-order valence-corrected chi connectivity index (χ3v) is 5.74. The lowest BCUT2D eigenvalue weighted by atomic mass is 10.1. The molecular weight excluding hydrogens is 422 g/mol. The molecule has 0 radical (unpaired) electrons. The maximum absolute atomic E-state index is 13.0. The van der Waals surface area contributed by atoms with Crippen LogP contribution in [0.2, 0.25) is 0 Å². The minimum absolute atomic E-state index is 0.0627. The van der Waals surface area contributed by atoms with Gasteiger partial charge in [-0.3, -0.25) is 19.4 Å². The number of carbonyl (C=O) groups is 4. The summed E-state index contributed by atoms with van der Waals surface area (Å²) in [4.78, 5) is 56.2. The van der Waals surface area contributed by atoms with Gasteiger partial charge in [0.15, 0.2) is 5.96 Å². The summed E-state index contributed by atoms with van der Waals surface area (Å²) >= 11 is 0. The van der Waals surface area contributed by atoms with E-state index in [1.54, 1.807) is 0 Å². The zero-order valence-electron chi connectivity index (χ0n) is 18.0. The molecule has 9 N–H and O–H groups in total. The number of hydrogen-bond donors (Lipinski definition) is 6. The summed E-state index contributed by atoms with van der Waals surface area (Å²) in [5, 5.41) is 21.5. The molecule has 2 aliphatic heterocycles. The van der Waals surface area contributed by atoms with Crippen molar-refractivity contribution in [1.29, 1.82) is 0 Å². The van der Waals surface area contributed by atoms with Gasteiger partial charge in [-0.25, -0.2) is 4.79 Å². The van der Waals surface area contributed by atoms with Crippen LogP contribution in [0.15, 0.2) is 4.99 Å². The first-order valence-electron chi connectivity index (χ1n) is 10.7. The topological polar surface area (TPSA) is 218 Å². The molecule has 0 saturated carbocycles. The smallest absolute Gasteiger partial charge is 0.326 e. The second-order valence-corrected chi connectivity index (χ2v) is 8.02. The number of nitrogens with one attached hydrogen (secondary N) is 1. The van der Waals surface area contributed by atoms with Crippen molar-refractivity contribution in [3.63, 3.8) is 0 Å². The summed E-state index contributed by atoms with van der Waals surface area (Å²) in [7, 11) is 0. The summed E-state index contributed by atoms with van der Waals surface area (Å²) in [6.07, 6.45) is 2.63. The van der Waals surface area contributed by atoms with Gasteiger partial charge in [-0.15, -0.1) is 0 Å². The number of hydrogen-bond acceptors (Lipinski definition) is 7. The van der Waals surface area contributed by atoms with Gasteiger partial charge in [-0.05, 0) is 38.5 Å². The first-order chi connectivity index (χ1) is 15.2. The molecular formula is C19H33N7O6. The Balaban J connectivity index is 1.97. The van der Waals surface area contributed by atoms with Crippen molar-refractivity contribution in [2.75, 3.05) is 26.2 Å². The molecule has 2 rings (SSSR count). The quantitative estimate of drug-likeness (QED) is 0.111. The maximum Gasteiger partial charge on any atom is 0.326 e. The highest BCUT2D eigenvalue weighted by Gasteiger charge is 2.43. The summed E-state index contributed by atoms with van der Waals surface area (Å²) in [5.41, 5.74) is 16.3. The number of aliphatic carboxylic acids is 1. The fourth-order valence-corrected chi connectivity index (χ4v) is 4.08. The highest BCUT2D eigenvalue weighted by Crippen LogP contribution is 2.25. The molecule has 2 aliphatic rings. The molecule has 0 aromatic rings.